The van der Waals surface area contributed by atoms with Gasteiger partial charge in [0.1, 0.15) is 12.3 Å². The van der Waals surface area contributed by atoms with Crippen molar-refractivity contribution in [3.05, 3.63) is 52.8 Å². The molecule has 8 nitrogen and oxygen atoms in total. The molecule has 186 valence electrons. The maximum atomic E-state index is 12.6. The zero-order valence-electron chi connectivity index (χ0n) is 19.9. The largest absolute Gasteiger partial charge is 0.497 e. The summed E-state index contributed by atoms with van der Waals surface area (Å²) in [4.78, 5) is 42.7. The SMILES string of the molecule is CCOC(=O)Cn1c(=NC(=O)CCCSc2ccc(OC)cc2)sc2cc(C(=O)OCC)ccc21. The number of methoxy groups -OCH3 is 1. The van der Waals surface area contributed by atoms with E-state index in [9.17, 15) is 14.4 Å². The standard InChI is InChI=1S/C25H28N2O6S2/c1-4-32-23(29)16-27-20-13-8-17(24(30)33-5-2)15-21(20)35-25(27)26-22(28)7-6-14-34-19-11-9-18(31-3)10-12-19/h8-13,15H,4-7,14,16H2,1-3H3. The Morgan fingerprint density at radius 1 is 1.03 bits per heavy atom. The Morgan fingerprint density at radius 2 is 1.77 bits per heavy atom. The first kappa shape index (κ1) is 26.5. The average molecular weight is 517 g/mol. The monoisotopic (exact) mass is 516 g/mol. The molecule has 2 aromatic carbocycles. The van der Waals surface area contributed by atoms with Crippen molar-refractivity contribution in [1.82, 2.24) is 4.57 Å². The van der Waals surface area contributed by atoms with Crippen LogP contribution in [-0.2, 0) is 25.6 Å². The van der Waals surface area contributed by atoms with E-state index in [1.54, 1.807) is 55.5 Å². The number of hydrogen-bond acceptors (Lipinski definition) is 8. The number of carbonyl (C=O) groups is 3. The highest BCUT2D eigenvalue weighted by Crippen LogP contribution is 2.23. The molecule has 0 saturated carbocycles. The predicted molar refractivity (Wildman–Crippen MR) is 136 cm³/mol. The van der Waals surface area contributed by atoms with Crippen molar-refractivity contribution < 1.29 is 28.6 Å². The second-order valence-corrected chi connectivity index (χ2v) is 9.49. The van der Waals surface area contributed by atoms with Crippen LogP contribution in [-0.4, -0.2) is 48.5 Å². The Bertz CT molecular complexity index is 1250. The van der Waals surface area contributed by atoms with E-state index in [2.05, 4.69) is 4.99 Å². The van der Waals surface area contributed by atoms with Crippen molar-refractivity contribution >= 4 is 51.2 Å². The summed E-state index contributed by atoms with van der Waals surface area (Å²) in [6.07, 6.45) is 0.944. The third-order valence-electron chi connectivity index (χ3n) is 4.87. The molecule has 0 aliphatic heterocycles. The maximum absolute atomic E-state index is 12.6. The Hall–Kier alpha value is -3.11. The van der Waals surface area contributed by atoms with Crippen molar-refractivity contribution in [2.45, 2.75) is 38.1 Å². The predicted octanol–water partition coefficient (Wildman–Crippen LogP) is 4.45. The molecule has 0 fully saturated rings. The molecule has 0 aliphatic carbocycles. The lowest BCUT2D eigenvalue weighted by atomic mass is 10.2. The molecule has 0 N–H and O–H groups in total. The van der Waals surface area contributed by atoms with Gasteiger partial charge in [0.25, 0.3) is 0 Å². The fraction of sp³-hybridized carbons (Fsp3) is 0.360. The van der Waals surface area contributed by atoms with Gasteiger partial charge in [0, 0.05) is 11.3 Å². The van der Waals surface area contributed by atoms with Crippen molar-refractivity contribution in [2.75, 3.05) is 26.1 Å². The van der Waals surface area contributed by atoms with Crippen LogP contribution in [0.5, 0.6) is 5.75 Å². The topological polar surface area (TPSA) is 96.2 Å². The van der Waals surface area contributed by atoms with Gasteiger partial charge in [-0.1, -0.05) is 11.3 Å². The quantitative estimate of drug-likeness (QED) is 0.211. The van der Waals surface area contributed by atoms with E-state index in [0.29, 0.717) is 22.3 Å². The Morgan fingerprint density at radius 3 is 2.46 bits per heavy atom. The van der Waals surface area contributed by atoms with Gasteiger partial charge in [-0.3, -0.25) is 9.59 Å². The zero-order chi connectivity index (χ0) is 25.2. The summed E-state index contributed by atoms with van der Waals surface area (Å²) >= 11 is 2.90. The molecule has 0 bridgehead atoms. The molecule has 0 aliphatic rings. The summed E-state index contributed by atoms with van der Waals surface area (Å²) in [5.74, 6) is 0.452. The first-order valence-electron chi connectivity index (χ1n) is 11.3. The average Bonchev–Trinajstić information content (AvgIpc) is 3.18. The van der Waals surface area contributed by atoms with Crippen LogP contribution in [0.1, 0.15) is 37.0 Å². The van der Waals surface area contributed by atoms with Gasteiger partial charge < -0.3 is 18.8 Å². The molecule has 0 radical (unpaired) electrons. The van der Waals surface area contributed by atoms with Crippen molar-refractivity contribution in [3.63, 3.8) is 0 Å². The smallest absolute Gasteiger partial charge is 0.338 e. The number of aromatic nitrogens is 1. The number of thioether (sulfide) groups is 1. The summed E-state index contributed by atoms with van der Waals surface area (Å²) in [6, 6.07) is 12.8. The second kappa shape index (κ2) is 13.1. The van der Waals surface area contributed by atoms with E-state index in [-0.39, 0.29) is 32.1 Å². The minimum Gasteiger partial charge on any atom is -0.497 e. The number of thiazole rings is 1. The van der Waals surface area contributed by atoms with Crippen LogP contribution >= 0.6 is 23.1 Å². The number of carbonyl (C=O) groups excluding carboxylic acids is 3. The van der Waals surface area contributed by atoms with E-state index < -0.39 is 11.9 Å². The number of esters is 2. The van der Waals surface area contributed by atoms with Crippen LogP contribution in [0.25, 0.3) is 10.2 Å². The normalized spacial score (nSPS) is 11.5. The summed E-state index contributed by atoms with van der Waals surface area (Å²) in [7, 11) is 1.63. The number of ether oxygens (including phenoxy) is 3. The molecule has 3 aromatic rings. The molecule has 1 amide bonds. The number of amides is 1. The highest BCUT2D eigenvalue weighted by molar-refractivity contribution is 7.99. The van der Waals surface area contributed by atoms with E-state index in [1.807, 2.05) is 24.3 Å². The van der Waals surface area contributed by atoms with Gasteiger partial charge >= 0.3 is 11.9 Å². The van der Waals surface area contributed by atoms with Crippen LogP contribution in [0.3, 0.4) is 0 Å². The lowest BCUT2D eigenvalue weighted by Gasteiger charge is -2.06. The lowest BCUT2D eigenvalue weighted by Crippen LogP contribution is -2.23. The van der Waals surface area contributed by atoms with Crippen LogP contribution < -0.4 is 9.54 Å². The first-order chi connectivity index (χ1) is 16.9. The molecular weight excluding hydrogens is 488 g/mol. The minimum absolute atomic E-state index is 0.0774. The highest BCUT2D eigenvalue weighted by atomic mass is 32.2. The van der Waals surface area contributed by atoms with Crippen molar-refractivity contribution in [1.29, 1.82) is 0 Å². The van der Waals surface area contributed by atoms with Crippen LogP contribution in [0.2, 0.25) is 0 Å². The number of nitrogens with zero attached hydrogens (tertiary/aromatic N) is 2. The molecular formula is C25H28N2O6S2. The van der Waals surface area contributed by atoms with Crippen LogP contribution in [0.4, 0.5) is 0 Å². The Kier molecular flexibility index (Phi) is 9.92. The van der Waals surface area contributed by atoms with Gasteiger partial charge in [0.15, 0.2) is 4.80 Å². The summed E-state index contributed by atoms with van der Waals surface area (Å²) in [6.45, 7) is 3.93. The van der Waals surface area contributed by atoms with Gasteiger partial charge in [-0.05, 0) is 68.5 Å². The molecule has 1 heterocycles. The van der Waals surface area contributed by atoms with Gasteiger partial charge in [-0.15, -0.1) is 11.8 Å². The molecule has 3 rings (SSSR count). The first-order valence-corrected chi connectivity index (χ1v) is 13.1. The minimum atomic E-state index is -0.427. The third-order valence-corrected chi connectivity index (χ3v) is 7.01. The van der Waals surface area contributed by atoms with E-state index >= 15 is 0 Å². The second-order valence-electron chi connectivity index (χ2n) is 7.31. The van der Waals surface area contributed by atoms with E-state index in [1.165, 1.54) is 11.3 Å². The molecule has 10 heteroatoms. The number of hydrogen-bond donors (Lipinski definition) is 0. The summed E-state index contributed by atoms with van der Waals surface area (Å²) < 4.78 is 17.7. The fourth-order valence-electron chi connectivity index (χ4n) is 3.24. The van der Waals surface area contributed by atoms with Crippen molar-refractivity contribution in [2.24, 2.45) is 4.99 Å². The van der Waals surface area contributed by atoms with Crippen molar-refractivity contribution in [3.8, 4) is 5.75 Å². The van der Waals surface area contributed by atoms with Gasteiger partial charge in [-0.2, -0.15) is 4.99 Å². The molecule has 35 heavy (non-hydrogen) atoms. The molecule has 0 unspecified atom stereocenters. The lowest BCUT2D eigenvalue weighted by molar-refractivity contribution is -0.143. The number of benzene rings is 2. The molecule has 1 aromatic heterocycles. The Balaban J connectivity index is 1.75. The molecule has 0 atom stereocenters. The maximum Gasteiger partial charge on any atom is 0.338 e. The van der Waals surface area contributed by atoms with E-state index in [4.69, 9.17) is 14.2 Å². The van der Waals surface area contributed by atoms with Gasteiger partial charge in [0.05, 0.1) is 36.1 Å². The summed E-state index contributed by atoms with van der Waals surface area (Å²) in [5, 5.41) is 0. The highest BCUT2D eigenvalue weighted by Gasteiger charge is 2.15. The Labute approximate surface area is 211 Å². The third kappa shape index (κ3) is 7.43. The van der Waals surface area contributed by atoms with Gasteiger partial charge in [0.2, 0.25) is 5.91 Å². The molecule has 0 spiro atoms. The molecule has 0 saturated heterocycles. The number of rotatable bonds is 11. The zero-order valence-corrected chi connectivity index (χ0v) is 21.6. The van der Waals surface area contributed by atoms with Crippen LogP contribution in [0.15, 0.2) is 52.4 Å². The number of fused-ring (bicyclic) bond motifs is 1. The van der Waals surface area contributed by atoms with Crippen LogP contribution in [0, 0.1) is 0 Å². The fourth-order valence-corrected chi connectivity index (χ4v) is 5.18. The van der Waals surface area contributed by atoms with Gasteiger partial charge in [-0.25, -0.2) is 4.79 Å². The van der Waals surface area contributed by atoms with E-state index in [0.717, 1.165) is 21.1 Å². The summed E-state index contributed by atoms with van der Waals surface area (Å²) in [5.41, 5.74) is 1.09.